The van der Waals surface area contributed by atoms with Crippen LogP contribution in [-0.4, -0.2) is 39.5 Å². The van der Waals surface area contributed by atoms with Crippen LogP contribution in [0.3, 0.4) is 0 Å². The smallest absolute Gasteiger partial charge is 0.234 e. The zero-order valence-electron chi connectivity index (χ0n) is 16.1. The van der Waals surface area contributed by atoms with E-state index in [0.717, 1.165) is 41.9 Å². The normalized spacial score (nSPS) is 16.7. The van der Waals surface area contributed by atoms with Gasteiger partial charge in [0.1, 0.15) is 5.82 Å². The third-order valence-corrected chi connectivity index (χ3v) is 6.26. The summed E-state index contributed by atoms with van der Waals surface area (Å²) in [4.78, 5) is 14.8. The zero-order chi connectivity index (χ0) is 18.8. The van der Waals surface area contributed by atoms with Gasteiger partial charge < -0.3 is 14.8 Å². The average Bonchev–Trinajstić information content (AvgIpc) is 3.20. The van der Waals surface area contributed by atoms with E-state index in [0.29, 0.717) is 11.7 Å². The molecule has 1 aromatic heterocycles. The van der Waals surface area contributed by atoms with E-state index in [1.165, 1.54) is 43.1 Å². The van der Waals surface area contributed by atoms with Crippen molar-refractivity contribution < 1.29 is 4.79 Å². The van der Waals surface area contributed by atoms with Crippen LogP contribution in [0, 0.1) is 6.92 Å². The SMILES string of the molecule is CCn1c(SCC(=O)Nc2ccc(N3CCCC3)cc2C)nnc1C1CC1. The maximum Gasteiger partial charge on any atom is 0.234 e. The van der Waals surface area contributed by atoms with Crippen LogP contribution >= 0.6 is 11.8 Å². The molecule has 7 heteroatoms. The van der Waals surface area contributed by atoms with Crippen LogP contribution in [-0.2, 0) is 11.3 Å². The van der Waals surface area contributed by atoms with Crippen LogP contribution in [0.15, 0.2) is 23.4 Å². The molecule has 0 bridgehead atoms. The van der Waals surface area contributed by atoms with E-state index in [1.807, 2.05) is 6.07 Å². The number of carbonyl (C=O) groups is 1. The van der Waals surface area contributed by atoms with Gasteiger partial charge in [-0.1, -0.05) is 11.8 Å². The Morgan fingerprint density at radius 3 is 2.70 bits per heavy atom. The second-order valence-electron chi connectivity index (χ2n) is 7.39. The first-order chi connectivity index (χ1) is 13.2. The Hall–Kier alpha value is -2.02. The summed E-state index contributed by atoms with van der Waals surface area (Å²) in [5.41, 5.74) is 3.24. The summed E-state index contributed by atoms with van der Waals surface area (Å²) < 4.78 is 2.14. The Labute approximate surface area is 164 Å². The molecule has 2 aromatic rings. The van der Waals surface area contributed by atoms with Gasteiger partial charge in [0, 0.05) is 36.9 Å². The lowest BCUT2D eigenvalue weighted by Gasteiger charge is -2.19. The van der Waals surface area contributed by atoms with Gasteiger partial charge in [0.2, 0.25) is 5.91 Å². The van der Waals surface area contributed by atoms with Crippen LogP contribution in [0.1, 0.15) is 49.9 Å². The molecule has 0 radical (unpaired) electrons. The van der Waals surface area contributed by atoms with Crippen molar-refractivity contribution in [2.45, 2.75) is 57.1 Å². The Kier molecular flexibility index (Phi) is 5.38. The molecule has 27 heavy (non-hydrogen) atoms. The number of benzene rings is 1. The number of aromatic nitrogens is 3. The van der Waals surface area contributed by atoms with E-state index in [-0.39, 0.29) is 5.91 Å². The Morgan fingerprint density at radius 2 is 2.04 bits per heavy atom. The molecule has 1 saturated heterocycles. The van der Waals surface area contributed by atoms with E-state index in [2.05, 4.69) is 51.0 Å². The molecule has 2 fully saturated rings. The Bertz CT molecular complexity index is 824. The standard InChI is InChI=1S/C20H27N5OS/c1-3-25-19(15-6-7-15)22-23-20(25)27-13-18(26)21-17-9-8-16(12-14(17)2)24-10-4-5-11-24/h8-9,12,15H,3-7,10-11,13H2,1-2H3,(H,21,26). The third kappa shape index (κ3) is 4.13. The molecule has 1 aliphatic carbocycles. The minimum Gasteiger partial charge on any atom is -0.372 e. The van der Waals surface area contributed by atoms with Crippen molar-refractivity contribution in [1.82, 2.24) is 14.8 Å². The van der Waals surface area contributed by atoms with Gasteiger partial charge in [-0.05, 0) is 63.3 Å². The second-order valence-corrected chi connectivity index (χ2v) is 8.33. The molecule has 1 amide bonds. The lowest BCUT2D eigenvalue weighted by molar-refractivity contribution is -0.113. The lowest BCUT2D eigenvalue weighted by Crippen LogP contribution is -2.18. The number of amides is 1. The fourth-order valence-electron chi connectivity index (χ4n) is 3.62. The van der Waals surface area contributed by atoms with Crippen LogP contribution in [0.25, 0.3) is 0 Å². The highest BCUT2D eigenvalue weighted by molar-refractivity contribution is 7.99. The highest BCUT2D eigenvalue weighted by Crippen LogP contribution is 2.40. The van der Waals surface area contributed by atoms with Crippen molar-refractivity contribution in [1.29, 1.82) is 0 Å². The first kappa shape index (κ1) is 18.3. The highest BCUT2D eigenvalue weighted by atomic mass is 32.2. The second kappa shape index (κ2) is 7.92. The molecule has 0 unspecified atom stereocenters. The lowest BCUT2D eigenvalue weighted by atomic mass is 10.1. The molecule has 2 heterocycles. The number of nitrogens with one attached hydrogen (secondary N) is 1. The maximum atomic E-state index is 12.4. The van der Waals surface area contributed by atoms with Crippen LogP contribution in [0.5, 0.6) is 0 Å². The monoisotopic (exact) mass is 385 g/mol. The fraction of sp³-hybridized carbons (Fsp3) is 0.550. The van der Waals surface area contributed by atoms with Gasteiger partial charge in [-0.3, -0.25) is 4.79 Å². The molecule has 1 aromatic carbocycles. The molecule has 144 valence electrons. The van der Waals surface area contributed by atoms with Crippen LogP contribution < -0.4 is 10.2 Å². The predicted octanol–water partition coefficient (Wildman–Crippen LogP) is 3.81. The van der Waals surface area contributed by atoms with Gasteiger partial charge in [-0.15, -0.1) is 10.2 Å². The number of nitrogens with zero attached hydrogens (tertiary/aromatic N) is 4. The summed E-state index contributed by atoms with van der Waals surface area (Å²) in [5, 5.41) is 12.5. The van der Waals surface area contributed by atoms with Crippen molar-refractivity contribution in [3.8, 4) is 0 Å². The van der Waals surface area contributed by atoms with Crippen molar-refractivity contribution >= 4 is 29.0 Å². The number of aryl methyl sites for hydroxylation is 1. The largest absolute Gasteiger partial charge is 0.372 e. The topological polar surface area (TPSA) is 63.1 Å². The average molecular weight is 386 g/mol. The maximum absolute atomic E-state index is 12.4. The molecule has 0 spiro atoms. The molecular formula is C20H27N5OS. The molecule has 0 atom stereocenters. The first-order valence-corrected chi connectivity index (χ1v) is 10.9. The van der Waals surface area contributed by atoms with E-state index in [1.54, 1.807) is 0 Å². The summed E-state index contributed by atoms with van der Waals surface area (Å²) in [6, 6.07) is 6.30. The van der Waals surface area contributed by atoms with E-state index in [9.17, 15) is 4.79 Å². The van der Waals surface area contributed by atoms with Crippen molar-refractivity contribution in [2.75, 3.05) is 29.1 Å². The minimum absolute atomic E-state index is 0.00403. The number of rotatable bonds is 7. The summed E-state index contributed by atoms with van der Waals surface area (Å²) in [6.07, 6.45) is 4.94. The van der Waals surface area contributed by atoms with E-state index >= 15 is 0 Å². The fourth-order valence-corrected chi connectivity index (χ4v) is 4.43. The highest BCUT2D eigenvalue weighted by Gasteiger charge is 2.30. The number of anilines is 2. The van der Waals surface area contributed by atoms with Crippen LogP contribution in [0.2, 0.25) is 0 Å². The van der Waals surface area contributed by atoms with Crippen molar-refractivity contribution in [3.05, 3.63) is 29.6 Å². The van der Waals surface area contributed by atoms with Crippen LogP contribution in [0.4, 0.5) is 11.4 Å². The molecule has 1 aliphatic heterocycles. The number of carbonyl (C=O) groups excluding carboxylic acids is 1. The molecule has 1 N–H and O–H groups in total. The summed E-state index contributed by atoms with van der Waals surface area (Å²) in [7, 11) is 0. The van der Waals surface area contributed by atoms with E-state index in [4.69, 9.17) is 0 Å². The molecule has 4 rings (SSSR count). The van der Waals surface area contributed by atoms with Gasteiger partial charge in [-0.2, -0.15) is 0 Å². The number of thioether (sulfide) groups is 1. The van der Waals surface area contributed by atoms with Gasteiger partial charge in [0.25, 0.3) is 0 Å². The summed E-state index contributed by atoms with van der Waals surface area (Å²) >= 11 is 1.46. The predicted molar refractivity (Wildman–Crippen MR) is 110 cm³/mol. The van der Waals surface area contributed by atoms with Crippen molar-refractivity contribution in [2.24, 2.45) is 0 Å². The van der Waals surface area contributed by atoms with Gasteiger partial charge in [0.05, 0.1) is 5.75 Å². The first-order valence-electron chi connectivity index (χ1n) is 9.87. The van der Waals surface area contributed by atoms with Gasteiger partial charge in [0.15, 0.2) is 5.16 Å². The summed E-state index contributed by atoms with van der Waals surface area (Å²) in [5.74, 6) is 1.98. The van der Waals surface area contributed by atoms with Gasteiger partial charge >= 0.3 is 0 Å². The third-order valence-electron chi connectivity index (χ3n) is 5.29. The Balaban J connectivity index is 1.35. The molecule has 6 nitrogen and oxygen atoms in total. The quantitative estimate of drug-likeness (QED) is 0.734. The molecular weight excluding hydrogens is 358 g/mol. The Morgan fingerprint density at radius 1 is 1.26 bits per heavy atom. The molecule has 1 saturated carbocycles. The zero-order valence-corrected chi connectivity index (χ0v) is 16.9. The molecule has 2 aliphatic rings. The van der Waals surface area contributed by atoms with E-state index < -0.39 is 0 Å². The number of hydrogen-bond acceptors (Lipinski definition) is 5. The van der Waals surface area contributed by atoms with Crippen molar-refractivity contribution in [3.63, 3.8) is 0 Å². The van der Waals surface area contributed by atoms with Gasteiger partial charge in [-0.25, -0.2) is 0 Å². The minimum atomic E-state index is -0.00403. The number of hydrogen-bond donors (Lipinski definition) is 1. The summed E-state index contributed by atoms with van der Waals surface area (Å²) in [6.45, 7) is 7.26.